The average molecular weight is 253 g/mol. The molecule has 0 radical (unpaired) electrons. The average Bonchev–Trinajstić information content (AvgIpc) is 2.41. The Morgan fingerprint density at radius 1 is 1.26 bits per heavy atom. The molecule has 0 bridgehead atoms. The van der Waals surface area contributed by atoms with Crippen molar-refractivity contribution in [3.8, 4) is 17.3 Å². The zero-order chi connectivity index (χ0) is 14.0. The van der Waals surface area contributed by atoms with Gasteiger partial charge in [-0.1, -0.05) is 13.8 Å². The van der Waals surface area contributed by atoms with E-state index in [2.05, 4.69) is 21.0 Å². The number of hydrogen-bond acceptors (Lipinski definition) is 5. The normalized spacial score (nSPS) is 10.5. The molecule has 0 spiro atoms. The number of nitriles is 1. The van der Waals surface area contributed by atoms with E-state index in [0.717, 1.165) is 16.8 Å². The van der Waals surface area contributed by atoms with Gasteiger partial charge >= 0.3 is 0 Å². The Bertz CT molecular complexity index is 655. The molecular weight excluding hydrogens is 238 g/mol. The van der Waals surface area contributed by atoms with Crippen molar-refractivity contribution in [3.05, 3.63) is 35.4 Å². The monoisotopic (exact) mass is 253 g/mol. The molecule has 2 rings (SSSR count). The largest absolute Gasteiger partial charge is 0.383 e. The highest BCUT2D eigenvalue weighted by Crippen LogP contribution is 2.26. The Labute approximate surface area is 112 Å². The van der Waals surface area contributed by atoms with E-state index < -0.39 is 0 Å². The van der Waals surface area contributed by atoms with Gasteiger partial charge in [-0.2, -0.15) is 5.26 Å². The van der Waals surface area contributed by atoms with E-state index in [0.29, 0.717) is 17.2 Å². The van der Waals surface area contributed by atoms with Crippen LogP contribution in [0.4, 0.5) is 5.82 Å². The van der Waals surface area contributed by atoms with Crippen LogP contribution in [0.2, 0.25) is 0 Å². The molecule has 5 heteroatoms. The Hall–Kier alpha value is -2.48. The zero-order valence-electron chi connectivity index (χ0n) is 11.2. The number of anilines is 1. The predicted octanol–water partition coefficient (Wildman–Crippen LogP) is 2.42. The summed E-state index contributed by atoms with van der Waals surface area (Å²) in [5.41, 5.74) is 8.76. The third-order valence-electron chi connectivity index (χ3n) is 2.86. The van der Waals surface area contributed by atoms with E-state index in [1.807, 2.05) is 20.8 Å². The molecule has 5 nitrogen and oxygen atoms in total. The number of pyridine rings is 1. The fourth-order valence-corrected chi connectivity index (χ4v) is 1.72. The summed E-state index contributed by atoms with van der Waals surface area (Å²) in [5, 5.41) is 8.93. The molecule has 0 aromatic carbocycles. The van der Waals surface area contributed by atoms with Gasteiger partial charge in [0.15, 0.2) is 0 Å². The van der Waals surface area contributed by atoms with Crippen LogP contribution in [0.25, 0.3) is 11.3 Å². The fraction of sp³-hybridized carbons (Fsp3) is 0.286. The van der Waals surface area contributed by atoms with Crippen molar-refractivity contribution in [1.29, 1.82) is 5.26 Å². The third-order valence-corrected chi connectivity index (χ3v) is 2.86. The smallest absolute Gasteiger partial charge is 0.133 e. The first kappa shape index (κ1) is 13.0. The summed E-state index contributed by atoms with van der Waals surface area (Å²) in [5.74, 6) is 1.35. The molecule has 2 aromatic rings. The van der Waals surface area contributed by atoms with Crippen LogP contribution >= 0.6 is 0 Å². The second kappa shape index (κ2) is 5.02. The molecule has 0 aliphatic heterocycles. The molecule has 0 unspecified atom stereocenters. The van der Waals surface area contributed by atoms with E-state index >= 15 is 0 Å². The van der Waals surface area contributed by atoms with Crippen LogP contribution in [0.1, 0.15) is 36.7 Å². The molecule has 0 atom stereocenters. The standard InChI is InChI=1S/C14H15N5/c1-8(2)14-18-12(9(3)13(16)19-14)11-4-10(5-15)6-17-7-11/h4,6-8H,1-3H3,(H2,16,18,19). The van der Waals surface area contributed by atoms with E-state index in [4.69, 9.17) is 11.0 Å². The van der Waals surface area contributed by atoms with Crippen molar-refractivity contribution in [2.75, 3.05) is 5.73 Å². The molecular formula is C14H15N5. The molecule has 2 N–H and O–H groups in total. The molecule has 0 aliphatic carbocycles. The van der Waals surface area contributed by atoms with E-state index in [1.165, 1.54) is 6.20 Å². The van der Waals surface area contributed by atoms with Crippen molar-refractivity contribution in [1.82, 2.24) is 15.0 Å². The van der Waals surface area contributed by atoms with E-state index in [-0.39, 0.29) is 5.92 Å². The molecule has 0 amide bonds. The first-order valence-electron chi connectivity index (χ1n) is 6.02. The SMILES string of the molecule is Cc1c(N)nc(C(C)C)nc1-c1cncc(C#N)c1. The van der Waals surface area contributed by atoms with Gasteiger partial charge in [0.2, 0.25) is 0 Å². The van der Waals surface area contributed by atoms with Crippen LogP contribution in [-0.2, 0) is 0 Å². The summed E-state index contributed by atoms with van der Waals surface area (Å²) in [6.45, 7) is 5.89. The Balaban J connectivity index is 2.64. The summed E-state index contributed by atoms with van der Waals surface area (Å²) in [4.78, 5) is 12.9. The Kier molecular flexibility index (Phi) is 3.43. The fourth-order valence-electron chi connectivity index (χ4n) is 1.72. The molecule has 2 heterocycles. The lowest BCUT2D eigenvalue weighted by Crippen LogP contribution is -2.06. The van der Waals surface area contributed by atoms with Crippen molar-refractivity contribution in [2.24, 2.45) is 0 Å². The summed E-state index contributed by atoms with van der Waals surface area (Å²) in [7, 11) is 0. The van der Waals surface area contributed by atoms with Gasteiger partial charge in [0.1, 0.15) is 17.7 Å². The highest BCUT2D eigenvalue weighted by molar-refractivity contribution is 5.67. The Morgan fingerprint density at radius 2 is 2.00 bits per heavy atom. The lowest BCUT2D eigenvalue weighted by atomic mass is 10.1. The molecule has 0 aliphatic rings. The van der Waals surface area contributed by atoms with Crippen molar-refractivity contribution < 1.29 is 0 Å². The third kappa shape index (κ3) is 2.52. The molecule has 0 fully saturated rings. The van der Waals surface area contributed by atoms with Gasteiger partial charge < -0.3 is 5.73 Å². The van der Waals surface area contributed by atoms with Gasteiger partial charge in [-0.25, -0.2) is 9.97 Å². The highest BCUT2D eigenvalue weighted by atomic mass is 15.0. The van der Waals surface area contributed by atoms with Crippen molar-refractivity contribution in [3.63, 3.8) is 0 Å². The van der Waals surface area contributed by atoms with E-state index in [9.17, 15) is 0 Å². The summed E-state index contributed by atoms with van der Waals surface area (Å²) in [6.07, 6.45) is 3.20. The van der Waals surface area contributed by atoms with Gasteiger partial charge in [0.05, 0.1) is 11.3 Å². The first-order chi connectivity index (χ1) is 9.02. The topological polar surface area (TPSA) is 88.5 Å². The Morgan fingerprint density at radius 3 is 2.63 bits per heavy atom. The minimum atomic E-state index is 0.189. The summed E-state index contributed by atoms with van der Waals surface area (Å²) < 4.78 is 0. The number of hydrogen-bond donors (Lipinski definition) is 1. The quantitative estimate of drug-likeness (QED) is 0.887. The molecule has 96 valence electrons. The molecule has 19 heavy (non-hydrogen) atoms. The van der Waals surface area contributed by atoms with Gasteiger partial charge in [-0.3, -0.25) is 4.98 Å². The second-order valence-corrected chi connectivity index (χ2v) is 4.67. The van der Waals surface area contributed by atoms with Gasteiger partial charge in [0.25, 0.3) is 0 Å². The van der Waals surface area contributed by atoms with Crippen LogP contribution in [0, 0.1) is 18.3 Å². The first-order valence-corrected chi connectivity index (χ1v) is 6.02. The maximum absolute atomic E-state index is 8.93. The van der Waals surface area contributed by atoms with Crippen LogP contribution in [-0.4, -0.2) is 15.0 Å². The highest BCUT2D eigenvalue weighted by Gasteiger charge is 2.13. The summed E-state index contributed by atoms with van der Waals surface area (Å²) in [6, 6.07) is 3.83. The van der Waals surface area contributed by atoms with E-state index in [1.54, 1.807) is 12.3 Å². The number of rotatable bonds is 2. The molecule has 2 aromatic heterocycles. The van der Waals surface area contributed by atoms with Crippen LogP contribution in [0.5, 0.6) is 0 Å². The number of nitrogens with zero attached hydrogens (tertiary/aromatic N) is 4. The molecule has 0 saturated heterocycles. The number of nitrogen functional groups attached to an aromatic ring is 1. The number of nitrogens with two attached hydrogens (primary N) is 1. The summed E-state index contributed by atoms with van der Waals surface area (Å²) >= 11 is 0. The van der Waals surface area contributed by atoms with Crippen molar-refractivity contribution >= 4 is 5.82 Å². The van der Waals surface area contributed by atoms with Crippen molar-refractivity contribution in [2.45, 2.75) is 26.7 Å². The predicted molar refractivity (Wildman–Crippen MR) is 73.2 cm³/mol. The van der Waals surface area contributed by atoms with Gasteiger partial charge in [-0.05, 0) is 13.0 Å². The van der Waals surface area contributed by atoms with Gasteiger partial charge in [0, 0.05) is 29.4 Å². The van der Waals surface area contributed by atoms with Gasteiger partial charge in [-0.15, -0.1) is 0 Å². The van der Waals surface area contributed by atoms with Crippen LogP contribution < -0.4 is 5.73 Å². The zero-order valence-corrected chi connectivity index (χ0v) is 11.2. The lowest BCUT2D eigenvalue weighted by Gasteiger charge is -2.11. The number of aromatic nitrogens is 3. The maximum atomic E-state index is 8.93. The molecule has 0 saturated carbocycles. The lowest BCUT2D eigenvalue weighted by molar-refractivity contribution is 0.776. The minimum Gasteiger partial charge on any atom is -0.383 e. The maximum Gasteiger partial charge on any atom is 0.133 e. The second-order valence-electron chi connectivity index (χ2n) is 4.67. The van der Waals surface area contributed by atoms with Crippen LogP contribution in [0.3, 0.4) is 0 Å². The minimum absolute atomic E-state index is 0.189. The van der Waals surface area contributed by atoms with Crippen LogP contribution in [0.15, 0.2) is 18.5 Å².